The molecule has 2 aromatic rings. The Bertz CT molecular complexity index is 661. The summed E-state index contributed by atoms with van der Waals surface area (Å²) in [7, 11) is 0. The van der Waals surface area contributed by atoms with Crippen LogP contribution in [0.15, 0.2) is 18.2 Å². The number of nitro benzene ring substituents is 1. The summed E-state index contributed by atoms with van der Waals surface area (Å²) in [6, 6.07) is 3.91. The van der Waals surface area contributed by atoms with Crippen LogP contribution in [0.1, 0.15) is 9.80 Å². The molecule has 19 heavy (non-hydrogen) atoms. The smallest absolute Gasteiger partial charge is 0.294 e. The van der Waals surface area contributed by atoms with E-state index >= 15 is 0 Å². The Morgan fingerprint density at radius 3 is 2.68 bits per heavy atom. The number of anilines is 1. The minimum Gasteiger partial charge on any atom is -0.314 e. The van der Waals surface area contributed by atoms with Crippen molar-refractivity contribution >= 4 is 51.8 Å². The molecule has 10 heteroatoms. The fraction of sp³-hybridized carbons (Fsp3) is 0. The van der Waals surface area contributed by atoms with Gasteiger partial charge in [-0.2, -0.15) is 0 Å². The zero-order valence-corrected chi connectivity index (χ0v) is 11.3. The standard InChI is InChI=1S/C9H4Cl2N4O3S/c10-4-1-2-5(6(3-4)15(17)18)12-7(16)8-13-14-9(11)19-8/h1-3H,(H,12,16). The molecule has 0 saturated heterocycles. The summed E-state index contributed by atoms with van der Waals surface area (Å²) in [6.07, 6.45) is 0. The van der Waals surface area contributed by atoms with Gasteiger partial charge in [0.2, 0.25) is 9.47 Å². The van der Waals surface area contributed by atoms with E-state index in [1.807, 2.05) is 0 Å². The van der Waals surface area contributed by atoms with Gasteiger partial charge in [-0.15, -0.1) is 10.2 Å². The van der Waals surface area contributed by atoms with Crippen molar-refractivity contribution in [3.8, 4) is 0 Å². The number of hydrogen-bond acceptors (Lipinski definition) is 6. The molecule has 0 aliphatic carbocycles. The van der Waals surface area contributed by atoms with Crippen molar-refractivity contribution in [1.29, 1.82) is 0 Å². The predicted molar refractivity (Wildman–Crippen MR) is 71.0 cm³/mol. The number of rotatable bonds is 3. The molecule has 1 aromatic heterocycles. The zero-order chi connectivity index (χ0) is 14.0. The number of halogens is 2. The fourth-order valence-electron chi connectivity index (χ4n) is 1.23. The molecule has 7 nitrogen and oxygen atoms in total. The van der Waals surface area contributed by atoms with E-state index in [2.05, 4.69) is 15.5 Å². The Kier molecular flexibility index (Phi) is 3.93. The highest BCUT2D eigenvalue weighted by atomic mass is 35.5. The average Bonchev–Trinajstić information content (AvgIpc) is 2.78. The van der Waals surface area contributed by atoms with Crippen LogP contribution in [-0.2, 0) is 0 Å². The van der Waals surface area contributed by atoms with Crippen molar-refractivity contribution in [2.45, 2.75) is 0 Å². The molecule has 0 saturated carbocycles. The number of benzene rings is 1. The number of amides is 1. The van der Waals surface area contributed by atoms with Gasteiger partial charge in [0.05, 0.1) is 4.92 Å². The third kappa shape index (κ3) is 3.16. The van der Waals surface area contributed by atoms with Crippen LogP contribution in [0.3, 0.4) is 0 Å². The van der Waals surface area contributed by atoms with Crippen LogP contribution >= 0.6 is 34.5 Å². The quantitative estimate of drug-likeness (QED) is 0.692. The molecule has 0 fully saturated rings. The molecule has 1 heterocycles. The normalized spacial score (nSPS) is 10.2. The molecule has 1 aromatic carbocycles. The van der Waals surface area contributed by atoms with Crippen molar-refractivity contribution in [3.05, 3.63) is 42.8 Å². The summed E-state index contributed by atoms with van der Waals surface area (Å²) in [5.41, 5.74) is -0.290. The number of nitrogens with zero attached hydrogens (tertiary/aromatic N) is 3. The van der Waals surface area contributed by atoms with Crippen molar-refractivity contribution in [2.75, 3.05) is 5.32 Å². The van der Waals surface area contributed by atoms with E-state index in [1.54, 1.807) is 0 Å². The van der Waals surface area contributed by atoms with Gasteiger partial charge < -0.3 is 5.32 Å². The van der Waals surface area contributed by atoms with E-state index in [0.717, 1.165) is 17.4 Å². The molecule has 98 valence electrons. The zero-order valence-electron chi connectivity index (χ0n) is 8.96. The average molecular weight is 319 g/mol. The van der Waals surface area contributed by atoms with Crippen LogP contribution in [0.2, 0.25) is 9.49 Å². The van der Waals surface area contributed by atoms with Gasteiger partial charge >= 0.3 is 0 Å². The summed E-state index contributed by atoms with van der Waals surface area (Å²) >= 11 is 12.1. The van der Waals surface area contributed by atoms with Crippen LogP contribution in [0.4, 0.5) is 11.4 Å². The number of carbonyl (C=O) groups excluding carboxylic acids is 1. The van der Waals surface area contributed by atoms with Crippen LogP contribution in [0.5, 0.6) is 0 Å². The first-order chi connectivity index (χ1) is 8.97. The largest absolute Gasteiger partial charge is 0.314 e. The van der Waals surface area contributed by atoms with Crippen molar-refractivity contribution < 1.29 is 9.72 Å². The first-order valence-electron chi connectivity index (χ1n) is 4.71. The highest BCUT2D eigenvalue weighted by Gasteiger charge is 2.19. The Morgan fingerprint density at radius 1 is 1.37 bits per heavy atom. The summed E-state index contributed by atoms with van der Waals surface area (Å²) < 4.78 is 0.107. The first-order valence-corrected chi connectivity index (χ1v) is 6.29. The van der Waals surface area contributed by atoms with E-state index in [1.165, 1.54) is 12.1 Å². The maximum atomic E-state index is 11.8. The number of nitrogens with one attached hydrogen (secondary N) is 1. The van der Waals surface area contributed by atoms with Gasteiger partial charge in [-0.05, 0) is 23.7 Å². The Balaban J connectivity index is 2.28. The molecule has 0 bridgehead atoms. The summed E-state index contributed by atoms with van der Waals surface area (Å²) in [5.74, 6) is -0.630. The lowest BCUT2D eigenvalue weighted by Gasteiger charge is -2.03. The van der Waals surface area contributed by atoms with Crippen LogP contribution < -0.4 is 5.32 Å². The molecule has 1 N–H and O–H groups in total. The van der Waals surface area contributed by atoms with Gasteiger partial charge in [0, 0.05) is 11.1 Å². The molecule has 0 unspecified atom stereocenters. The van der Waals surface area contributed by atoms with Crippen molar-refractivity contribution in [3.63, 3.8) is 0 Å². The molecule has 0 atom stereocenters. The molecule has 0 spiro atoms. The van der Waals surface area contributed by atoms with E-state index in [-0.39, 0.29) is 25.9 Å². The number of nitro groups is 1. The van der Waals surface area contributed by atoms with Gasteiger partial charge in [-0.25, -0.2) is 0 Å². The van der Waals surface area contributed by atoms with Crippen molar-refractivity contribution in [2.24, 2.45) is 0 Å². The second-order valence-corrected chi connectivity index (χ2v) is 5.23. The third-order valence-corrected chi connectivity index (χ3v) is 3.25. The fourth-order valence-corrected chi connectivity index (χ4v) is 2.12. The summed E-state index contributed by atoms with van der Waals surface area (Å²) in [6.45, 7) is 0. The highest BCUT2D eigenvalue weighted by molar-refractivity contribution is 7.17. The number of aromatic nitrogens is 2. The van der Waals surface area contributed by atoms with Crippen LogP contribution in [0, 0.1) is 10.1 Å². The monoisotopic (exact) mass is 318 g/mol. The Labute approximate surface area is 120 Å². The van der Waals surface area contributed by atoms with Gasteiger partial charge in [0.1, 0.15) is 5.69 Å². The molecule has 2 rings (SSSR count). The number of carbonyl (C=O) groups is 1. The Morgan fingerprint density at radius 2 is 2.11 bits per heavy atom. The van der Waals surface area contributed by atoms with Crippen LogP contribution in [-0.4, -0.2) is 21.0 Å². The summed E-state index contributed by atoms with van der Waals surface area (Å²) in [5, 5.41) is 20.4. The molecule has 0 aliphatic heterocycles. The van der Waals surface area contributed by atoms with E-state index in [9.17, 15) is 14.9 Å². The maximum Gasteiger partial charge on any atom is 0.294 e. The van der Waals surface area contributed by atoms with Gasteiger partial charge in [-0.1, -0.05) is 22.9 Å². The second kappa shape index (κ2) is 5.47. The molecular formula is C9H4Cl2N4O3S. The van der Waals surface area contributed by atoms with Crippen molar-refractivity contribution in [1.82, 2.24) is 10.2 Å². The molecule has 0 aliphatic rings. The lowest BCUT2D eigenvalue weighted by Crippen LogP contribution is -2.12. The molecule has 0 radical (unpaired) electrons. The van der Waals surface area contributed by atoms with E-state index < -0.39 is 10.8 Å². The van der Waals surface area contributed by atoms with E-state index in [0.29, 0.717) is 0 Å². The topological polar surface area (TPSA) is 98.0 Å². The van der Waals surface area contributed by atoms with Gasteiger partial charge in [-0.3, -0.25) is 14.9 Å². The van der Waals surface area contributed by atoms with Gasteiger partial charge in [0.15, 0.2) is 0 Å². The van der Waals surface area contributed by atoms with Gasteiger partial charge in [0.25, 0.3) is 11.6 Å². The third-order valence-electron chi connectivity index (χ3n) is 2.00. The predicted octanol–water partition coefficient (Wildman–Crippen LogP) is 3.01. The lowest BCUT2D eigenvalue weighted by atomic mass is 10.2. The lowest BCUT2D eigenvalue weighted by molar-refractivity contribution is -0.383. The molecular weight excluding hydrogens is 315 g/mol. The first kappa shape index (κ1) is 13.7. The highest BCUT2D eigenvalue weighted by Crippen LogP contribution is 2.28. The molecule has 1 amide bonds. The van der Waals surface area contributed by atoms with Crippen LogP contribution in [0.25, 0.3) is 0 Å². The SMILES string of the molecule is O=C(Nc1ccc(Cl)cc1[N+](=O)[O-])c1nnc(Cl)s1. The summed E-state index contributed by atoms with van der Waals surface area (Å²) in [4.78, 5) is 22.0. The minimum absolute atomic E-state index is 0.00856. The maximum absolute atomic E-state index is 11.8. The van der Waals surface area contributed by atoms with E-state index in [4.69, 9.17) is 23.2 Å². The Hall–Kier alpha value is -1.77. The minimum atomic E-state index is -0.644. The second-order valence-electron chi connectivity index (χ2n) is 3.23. The number of hydrogen-bond donors (Lipinski definition) is 1.